The van der Waals surface area contributed by atoms with Crippen LogP contribution >= 0.6 is 17.0 Å². The van der Waals surface area contributed by atoms with Crippen LogP contribution in [0, 0.1) is 17.2 Å². The summed E-state index contributed by atoms with van der Waals surface area (Å²) in [6, 6.07) is 3.21. The van der Waals surface area contributed by atoms with Crippen LogP contribution in [0.5, 0.6) is 0 Å². The molecule has 0 unspecified atom stereocenters. The number of ether oxygens (including phenoxy) is 1. The molecule has 1 N–H and O–H groups in total. The molecule has 1 aromatic heterocycles. The molecule has 0 bridgehead atoms. The second-order valence-electron chi connectivity index (χ2n) is 7.39. The first-order chi connectivity index (χ1) is 12.2. The second kappa shape index (κ2) is 12.7. The molecule has 0 aromatic carbocycles. The molecule has 0 fully saturated rings. The van der Waals surface area contributed by atoms with E-state index in [1.165, 1.54) is 4.57 Å². The Kier molecular flexibility index (Phi) is 11.9. The molecular weight excluding hydrogens is 410 g/mol. The summed E-state index contributed by atoms with van der Waals surface area (Å²) < 4.78 is 6.39. The van der Waals surface area contributed by atoms with E-state index >= 15 is 0 Å². The van der Waals surface area contributed by atoms with Crippen molar-refractivity contribution in [1.29, 1.82) is 5.41 Å². The molecule has 27 heavy (non-hydrogen) atoms. The normalized spacial score (nSPS) is 10.6. The Morgan fingerprint density at radius 2 is 1.67 bits per heavy atom. The topological polar surface area (TPSA) is 75.4 Å². The van der Waals surface area contributed by atoms with Crippen molar-refractivity contribution in [3.05, 3.63) is 29.4 Å². The Labute approximate surface area is 173 Å². The van der Waals surface area contributed by atoms with Gasteiger partial charge >= 0.3 is 5.97 Å². The lowest BCUT2D eigenvalue weighted by Crippen LogP contribution is -2.35. The van der Waals surface area contributed by atoms with Gasteiger partial charge in [-0.25, -0.2) is 0 Å². The highest BCUT2D eigenvalue weighted by atomic mass is 79.9. The van der Waals surface area contributed by atoms with Gasteiger partial charge < -0.3 is 14.2 Å². The Morgan fingerprint density at radius 3 is 2.15 bits per heavy atom. The molecule has 0 aliphatic rings. The second-order valence-corrected chi connectivity index (χ2v) is 7.39. The highest BCUT2D eigenvalue weighted by Crippen LogP contribution is 2.11. The molecule has 0 spiro atoms. The molecule has 0 radical (unpaired) electrons. The number of carbonyl (C=O) groups is 2. The van der Waals surface area contributed by atoms with Gasteiger partial charge in [-0.05, 0) is 43.7 Å². The third-order valence-corrected chi connectivity index (χ3v) is 4.12. The van der Waals surface area contributed by atoms with E-state index in [4.69, 9.17) is 10.1 Å². The number of esters is 1. The van der Waals surface area contributed by atoms with Crippen LogP contribution in [-0.4, -0.2) is 41.0 Å². The van der Waals surface area contributed by atoms with Crippen molar-refractivity contribution in [1.82, 2.24) is 9.47 Å². The Balaban J connectivity index is 0.00000676. The third kappa shape index (κ3) is 9.22. The van der Waals surface area contributed by atoms with E-state index in [-0.39, 0.29) is 34.9 Å². The average molecular weight is 444 g/mol. The highest BCUT2D eigenvalue weighted by Gasteiger charge is 2.17. The molecule has 0 aliphatic heterocycles. The summed E-state index contributed by atoms with van der Waals surface area (Å²) in [5, 5.41) is 7.95. The smallest absolute Gasteiger partial charge is 0.325 e. The number of halogens is 1. The van der Waals surface area contributed by atoms with Gasteiger partial charge in [0.25, 0.3) is 5.91 Å². The first-order valence-corrected chi connectivity index (χ1v) is 9.44. The summed E-state index contributed by atoms with van der Waals surface area (Å²) in [6.07, 6.45) is 3.48. The van der Waals surface area contributed by atoms with Gasteiger partial charge in [0.1, 0.15) is 12.0 Å². The van der Waals surface area contributed by atoms with Crippen LogP contribution < -0.4 is 5.49 Å². The monoisotopic (exact) mass is 443 g/mol. The van der Waals surface area contributed by atoms with Crippen molar-refractivity contribution in [2.45, 2.75) is 54.0 Å². The van der Waals surface area contributed by atoms with E-state index < -0.39 is 5.97 Å². The van der Waals surface area contributed by atoms with E-state index in [1.807, 2.05) is 4.90 Å². The van der Waals surface area contributed by atoms with Crippen LogP contribution in [0.25, 0.3) is 0 Å². The molecule has 0 aliphatic carbocycles. The maximum absolute atomic E-state index is 13.0. The standard InChI is InChI=1S/C20H33N3O3.BrH/c1-6-26-19(24)14-23-13-17(7-8-18(23)21)20(25)22(11-9-15(2)3)12-10-16(4)5;/h7-8,13,15-16,21H,6,9-12,14H2,1-5H3;1H. The van der Waals surface area contributed by atoms with Crippen LogP contribution in [0.15, 0.2) is 18.3 Å². The minimum atomic E-state index is -0.410. The van der Waals surface area contributed by atoms with Crippen LogP contribution in [0.2, 0.25) is 0 Å². The van der Waals surface area contributed by atoms with Crippen molar-refractivity contribution in [3.63, 3.8) is 0 Å². The number of amides is 1. The quantitative estimate of drug-likeness (QED) is 0.560. The maximum atomic E-state index is 13.0. The number of rotatable bonds is 10. The number of carbonyl (C=O) groups excluding carboxylic acids is 2. The number of aromatic nitrogens is 1. The zero-order valence-corrected chi connectivity index (χ0v) is 18.9. The molecule has 1 amide bonds. The molecular formula is C20H34BrN3O3. The molecule has 0 atom stereocenters. The van der Waals surface area contributed by atoms with Gasteiger partial charge in [0.2, 0.25) is 0 Å². The van der Waals surface area contributed by atoms with Crippen LogP contribution in [0.4, 0.5) is 0 Å². The van der Waals surface area contributed by atoms with Gasteiger partial charge in [0, 0.05) is 19.3 Å². The summed E-state index contributed by atoms with van der Waals surface area (Å²) in [5.41, 5.74) is 0.670. The SMILES string of the molecule is Br.CCOC(=O)Cn1cc(C(=O)N(CCC(C)C)CCC(C)C)ccc1=N. The van der Waals surface area contributed by atoms with Crippen molar-refractivity contribution in [3.8, 4) is 0 Å². The Bertz CT molecular complexity index is 644. The minimum Gasteiger partial charge on any atom is -0.465 e. The first kappa shape index (κ1) is 25.4. The number of pyridine rings is 1. The summed E-state index contributed by atoms with van der Waals surface area (Å²) in [7, 11) is 0. The van der Waals surface area contributed by atoms with Crippen molar-refractivity contribution in [2.75, 3.05) is 19.7 Å². The highest BCUT2D eigenvalue weighted by molar-refractivity contribution is 8.93. The predicted molar refractivity (Wildman–Crippen MR) is 112 cm³/mol. The number of hydrogen-bond donors (Lipinski definition) is 1. The molecule has 154 valence electrons. The maximum Gasteiger partial charge on any atom is 0.325 e. The zero-order valence-electron chi connectivity index (χ0n) is 17.2. The van der Waals surface area contributed by atoms with Crippen molar-refractivity contribution >= 4 is 28.9 Å². The predicted octanol–water partition coefficient (Wildman–Crippen LogP) is 3.64. The summed E-state index contributed by atoms with van der Waals surface area (Å²) in [5.74, 6) is 0.582. The largest absolute Gasteiger partial charge is 0.465 e. The lowest BCUT2D eigenvalue weighted by atomic mass is 10.1. The lowest BCUT2D eigenvalue weighted by molar-refractivity contribution is -0.143. The Morgan fingerprint density at radius 1 is 1.11 bits per heavy atom. The number of nitrogens with zero attached hydrogens (tertiary/aromatic N) is 2. The molecule has 1 aromatic rings. The average Bonchev–Trinajstić information content (AvgIpc) is 2.56. The third-order valence-electron chi connectivity index (χ3n) is 4.12. The van der Waals surface area contributed by atoms with Gasteiger partial charge in [-0.2, -0.15) is 0 Å². The molecule has 0 saturated heterocycles. The van der Waals surface area contributed by atoms with E-state index in [2.05, 4.69) is 27.7 Å². The molecule has 0 saturated carbocycles. The van der Waals surface area contributed by atoms with Gasteiger partial charge in [-0.1, -0.05) is 27.7 Å². The van der Waals surface area contributed by atoms with E-state index in [0.29, 0.717) is 37.1 Å². The van der Waals surface area contributed by atoms with Gasteiger partial charge in [-0.3, -0.25) is 15.0 Å². The first-order valence-electron chi connectivity index (χ1n) is 9.44. The summed E-state index contributed by atoms with van der Waals surface area (Å²) in [4.78, 5) is 26.6. The molecule has 1 rings (SSSR count). The summed E-state index contributed by atoms with van der Waals surface area (Å²) in [6.45, 7) is 12.0. The minimum absolute atomic E-state index is 0. The van der Waals surface area contributed by atoms with Crippen LogP contribution in [-0.2, 0) is 16.1 Å². The van der Waals surface area contributed by atoms with Gasteiger partial charge in [-0.15, -0.1) is 17.0 Å². The van der Waals surface area contributed by atoms with E-state index in [9.17, 15) is 9.59 Å². The van der Waals surface area contributed by atoms with Crippen molar-refractivity contribution < 1.29 is 14.3 Å². The van der Waals surface area contributed by atoms with Crippen molar-refractivity contribution in [2.24, 2.45) is 11.8 Å². The fraction of sp³-hybridized carbons (Fsp3) is 0.650. The summed E-state index contributed by atoms with van der Waals surface area (Å²) >= 11 is 0. The number of hydrogen-bond acceptors (Lipinski definition) is 4. The lowest BCUT2D eigenvalue weighted by Gasteiger charge is -2.25. The molecule has 1 heterocycles. The molecule has 6 nitrogen and oxygen atoms in total. The Hall–Kier alpha value is -1.63. The fourth-order valence-electron chi connectivity index (χ4n) is 2.47. The van der Waals surface area contributed by atoms with Crippen LogP contribution in [0.3, 0.4) is 0 Å². The van der Waals surface area contributed by atoms with Crippen LogP contribution in [0.1, 0.15) is 57.8 Å². The van der Waals surface area contributed by atoms with Gasteiger partial charge in [0.15, 0.2) is 0 Å². The zero-order chi connectivity index (χ0) is 19.7. The van der Waals surface area contributed by atoms with Gasteiger partial charge in [0.05, 0.1) is 12.2 Å². The molecule has 7 heteroatoms. The number of nitrogens with one attached hydrogen (secondary N) is 1. The van der Waals surface area contributed by atoms with E-state index in [1.54, 1.807) is 25.3 Å². The van der Waals surface area contributed by atoms with E-state index in [0.717, 1.165) is 12.8 Å². The fourth-order valence-corrected chi connectivity index (χ4v) is 2.47.